The summed E-state index contributed by atoms with van der Waals surface area (Å²) in [5.74, 6) is -0.991. The first-order valence-corrected chi connectivity index (χ1v) is 6.71. The minimum absolute atomic E-state index is 0.161. The molecule has 1 fully saturated rings. The normalized spacial score (nSPS) is 17.7. The van der Waals surface area contributed by atoms with Crippen molar-refractivity contribution in [1.82, 2.24) is 0 Å². The molecule has 0 N–H and O–H groups in total. The average Bonchev–Trinajstić information content (AvgIpc) is 2.85. The highest BCUT2D eigenvalue weighted by Crippen LogP contribution is 2.41. The lowest BCUT2D eigenvalue weighted by Gasteiger charge is -2.20. The molecule has 1 aliphatic rings. The molecule has 0 aliphatic heterocycles. The van der Waals surface area contributed by atoms with E-state index in [0.717, 1.165) is 25.7 Å². The Hall–Kier alpha value is -0.930. The minimum atomic E-state index is -0.633. The van der Waals surface area contributed by atoms with Gasteiger partial charge in [0, 0.05) is 15.2 Å². The SMILES string of the molecule is O=NC(=O)C(c1ccc(Cl)cc1Cl)C1CCCC1. The van der Waals surface area contributed by atoms with E-state index < -0.39 is 11.8 Å². The summed E-state index contributed by atoms with van der Waals surface area (Å²) in [6, 6.07) is 5.00. The fourth-order valence-corrected chi connectivity index (χ4v) is 3.22. The third-order valence-corrected chi connectivity index (χ3v) is 4.09. The second kappa shape index (κ2) is 5.81. The van der Waals surface area contributed by atoms with E-state index in [1.54, 1.807) is 18.2 Å². The first-order chi connectivity index (χ1) is 8.63. The summed E-state index contributed by atoms with van der Waals surface area (Å²) < 4.78 is 0. The number of carbonyl (C=O) groups is 1. The molecule has 0 radical (unpaired) electrons. The quantitative estimate of drug-likeness (QED) is 0.764. The maximum Gasteiger partial charge on any atom is 0.294 e. The van der Waals surface area contributed by atoms with E-state index >= 15 is 0 Å². The number of nitrogens with zero attached hydrogens (tertiary/aromatic N) is 1. The van der Waals surface area contributed by atoms with Crippen molar-refractivity contribution >= 4 is 29.1 Å². The maximum absolute atomic E-state index is 11.8. The van der Waals surface area contributed by atoms with Crippen molar-refractivity contribution < 1.29 is 4.79 Å². The predicted molar refractivity (Wildman–Crippen MR) is 72.0 cm³/mol. The monoisotopic (exact) mass is 285 g/mol. The number of amides is 1. The van der Waals surface area contributed by atoms with Crippen molar-refractivity contribution in [3.05, 3.63) is 38.7 Å². The summed E-state index contributed by atoms with van der Waals surface area (Å²) in [5, 5.41) is 3.53. The van der Waals surface area contributed by atoms with Gasteiger partial charge in [-0.2, -0.15) is 0 Å². The molecule has 3 nitrogen and oxygen atoms in total. The van der Waals surface area contributed by atoms with Gasteiger partial charge in [-0.05, 0) is 36.5 Å². The largest absolute Gasteiger partial charge is 0.294 e. The van der Waals surface area contributed by atoms with Gasteiger partial charge in [-0.15, -0.1) is 4.91 Å². The topological polar surface area (TPSA) is 46.5 Å². The van der Waals surface area contributed by atoms with Crippen LogP contribution in [0.5, 0.6) is 0 Å². The molecule has 1 aliphatic carbocycles. The van der Waals surface area contributed by atoms with E-state index in [0.29, 0.717) is 15.6 Å². The van der Waals surface area contributed by atoms with Crippen LogP contribution in [0.1, 0.15) is 37.2 Å². The van der Waals surface area contributed by atoms with Gasteiger partial charge < -0.3 is 0 Å². The molecule has 0 aromatic heterocycles. The molecule has 18 heavy (non-hydrogen) atoms. The van der Waals surface area contributed by atoms with E-state index in [1.165, 1.54) is 0 Å². The van der Waals surface area contributed by atoms with E-state index in [-0.39, 0.29) is 5.92 Å². The zero-order chi connectivity index (χ0) is 13.1. The Morgan fingerprint density at radius 2 is 1.94 bits per heavy atom. The van der Waals surface area contributed by atoms with Crippen LogP contribution >= 0.6 is 23.2 Å². The molecular formula is C13H13Cl2NO2. The van der Waals surface area contributed by atoms with Crippen molar-refractivity contribution in [3.8, 4) is 0 Å². The molecule has 1 unspecified atom stereocenters. The van der Waals surface area contributed by atoms with Crippen LogP contribution in [0.25, 0.3) is 0 Å². The van der Waals surface area contributed by atoms with E-state index in [2.05, 4.69) is 5.18 Å². The molecule has 0 spiro atoms. The lowest BCUT2D eigenvalue weighted by Crippen LogP contribution is -2.18. The fraction of sp³-hybridized carbons (Fsp3) is 0.462. The third-order valence-electron chi connectivity index (χ3n) is 3.52. The highest BCUT2D eigenvalue weighted by atomic mass is 35.5. The highest BCUT2D eigenvalue weighted by molar-refractivity contribution is 6.35. The molecule has 2 rings (SSSR count). The smallest absolute Gasteiger partial charge is 0.268 e. The van der Waals surface area contributed by atoms with Gasteiger partial charge in [0.25, 0.3) is 5.91 Å². The van der Waals surface area contributed by atoms with Crippen molar-refractivity contribution in [2.45, 2.75) is 31.6 Å². The Morgan fingerprint density at radius 1 is 1.28 bits per heavy atom. The zero-order valence-electron chi connectivity index (χ0n) is 9.73. The third kappa shape index (κ3) is 2.73. The first kappa shape index (κ1) is 13.5. The van der Waals surface area contributed by atoms with E-state index in [1.807, 2.05) is 0 Å². The van der Waals surface area contributed by atoms with Crippen molar-refractivity contribution in [1.29, 1.82) is 0 Å². The van der Waals surface area contributed by atoms with Crippen LogP contribution in [-0.2, 0) is 4.79 Å². The van der Waals surface area contributed by atoms with Crippen LogP contribution < -0.4 is 0 Å². The summed E-state index contributed by atoms with van der Waals surface area (Å²) in [4.78, 5) is 22.4. The summed E-state index contributed by atoms with van der Waals surface area (Å²) in [7, 11) is 0. The molecule has 1 atom stereocenters. The van der Waals surface area contributed by atoms with E-state index in [9.17, 15) is 9.70 Å². The lowest BCUT2D eigenvalue weighted by molar-refractivity contribution is -0.120. The van der Waals surface area contributed by atoms with Gasteiger partial charge in [-0.1, -0.05) is 42.1 Å². The molecule has 0 bridgehead atoms. The van der Waals surface area contributed by atoms with Crippen LogP contribution in [0.15, 0.2) is 23.4 Å². The molecule has 5 heteroatoms. The van der Waals surface area contributed by atoms with Crippen LogP contribution in [0.3, 0.4) is 0 Å². The van der Waals surface area contributed by atoms with Crippen molar-refractivity contribution in [3.63, 3.8) is 0 Å². The number of benzene rings is 1. The highest BCUT2D eigenvalue weighted by Gasteiger charge is 2.34. The zero-order valence-corrected chi connectivity index (χ0v) is 11.2. The number of nitroso groups, excluding NO2 is 1. The molecule has 1 saturated carbocycles. The van der Waals surface area contributed by atoms with Gasteiger partial charge in [-0.25, -0.2) is 0 Å². The molecule has 1 amide bonds. The summed E-state index contributed by atoms with van der Waals surface area (Å²) in [6.07, 6.45) is 4.03. The molecule has 1 aromatic carbocycles. The van der Waals surface area contributed by atoms with Crippen LogP contribution in [0.4, 0.5) is 0 Å². The summed E-state index contributed by atoms with van der Waals surface area (Å²) >= 11 is 12.0. The Bertz CT molecular complexity index is 470. The number of carbonyl (C=O) groups excluding carboxylic acids is 1. The van der Waals surface area contributed by atoms with E-state index in [4.69, 9.17) is 23.2 Å². The fourth-order valence-electron chi connectivity index (χ4n) is 2.69. The number of hydrogen-bond acceptors (Lipinski definition) is 2. The van der Waals surface area contributed by atoms with Crippen LogP contribution in [0, 0.1) is 10.8 Å². The Morgan fingerprint density at radius 3 is 2.50 bits per heavy atom. The summed E-state index contributed by atoms with van der Waals surface area (Å²) in [6.45, 7) is 0. The Labute approximate surface area is 115 Å². The molecule has 0 heterocycles. The average molecular weight is 286 g/mol. The van der Waals surface area contributed by atoms with Gasteiger partial charge in [0.15, 0.2) is 0 Å². The number of hydrogen-bond donors (Lipinski definition) is 0. The van der Waals surface area contributed by atoms with Gasteiger partial charge in [0.05, 0.1) is 5.92 Å². The second-order valence-corrected chi connectivity index (χ2v) is 5.46. The predicted octanol–water partition coefficient (Wildman–Crippen LogP) is 4.56. The molecule has 96 valence electrons. The van der Waals surface area contributed by atoms with Crippen LogP contribution in [-0.4, -0.2) is 5.91 Å². The van der Waals surface area contributed by atoms with Gasteiger partial charge in [0.1, 0.15) is 0 Å². The lowest BCUT2D eigenvalue weighted by atomic mass is 9.84. The second-order valence-electron chi connectivity index (χ2n) is 4.62. The number of halogens is 2. The van der Waals surface area contributed by atoms with Crippen LogP contribution in [0.2, 0.25) is 10.0 Å². The van der Waals surface area contributed by atoms with Crippen molar-refractivity contribution in [2.75, 3.05) is 0 Å². The summed E-state index contributed by atoms with van der Waals surface area (Å²) in [5.41, 5.74) is 0.664. The molecule has 0 saturated heterocycles. The molecular weight excluding hydrogens is 273 g/mol. The van der Waals surface area contributed by atoms with Gasteiger partial charge in [0.2, 0.25) is 0 Å². The Kier molecular flexibility index (Phi) is 4.36. The number of rotatable bonds is 3. The molecule has 1 aromatic rings. The minimum Gasteiger partial charge on any atom is -0.268 e. The van der Waals surface area contributed by atoms with Gasteiger partial charge in [-0.3, -0.25) is 4.79 Å². The Balaban J connectivity index is 2.38. The standard InChI is InChI=1S/C13H13Cl2NO2/c14-9-5-6-10(11(15)7-9)12(13(17)16-18)8-3-1-2-4-8/h5-8,12H,1-4H2. The first-order valence-electron chi connectivity index (χ1n) is 5.95. The van der Waals surface area contributed by atoms with Crippen molar-refractivity contribution in [2.24, 2.45) is 11.1 Å². The maximum atomic E-state index is 11.8. The van der Waals surface area contributed by atoms with Gasteiger partial charge >= 0.3 is 0 Å².